The van der Waals surface area contributed by atoms with Crippen molar-refractivity contribution in [1.82, 2.24) is 4.72 Å². The van der Waals surface area contributed by atoms with Gasteiger partial charge in [0.05, 0.1) is 9.88 Å². The van der Waals surface area contributed by atoms with E-state index in [-0.39, 0.29) is 16.0 Å². The normalized spacial score (nSPS) is 13.0. The summed E-state index contributed by atoms with van der Waals surface area (Å²) in [6, 6.07) is 1.53. The van der Waals surface area contributed by atoms with Crippen molar-refractivity contribution in [3.05, 3.63) is 16.0 Å². The SMILES string of the molecule is Cc1cc(S(=O)(=O)NC(C)(CCl)CCl)sc1Cl. The van der Waals surface area contributed by atoms with Gasteiger partial charge in [0.1, 0.15) is 4.21 Å². The Morgan fingerprint density at radius 1 is 1.41 bits per heavy atom. The monoisotopic (exact) mass is 335 g/mol. The van der Waals surface area contributed by atoms with E-state index in [1.54, 1.807) is 13.8 Å². The van der Waals surface area contributed by atoms with Crippen molar-refractivity contribution in [2.24, 2.45) is 0 Å². The fraction of sp³-hybridized carbons (Fsp3) is 0.556. The second kappa shape index (κ2) is 5.63. The Labute approximate surface area is 120 Å². The molecule has 1 rings (SSSR count). The van der Waals surface area contributed by atoms with E-state index < -0.39 is 15.6 Å². The maximum absolute atomic E-state index is 12.1. The fourth-order valence-electron chi connectivity index (χ4n) is 1.03. The third kappa shape index (κ3) is 3.72. The molecule has 0 saturated carbocycles. The topological polar surface area (TPSA) is 46.2 Å². The lowest BCUT2D eigenvalue weighted by Crippen LogP contribution is -2.48. The van der Waals surface area contributed by atoms with Gasteiger partial charge < -0.3 is 0 Å². The van der Waals surface area contributed by atoms with E-state index in [2.05, 4.69) is 4.72 Å². The van der Waals surface area contributed by atoms with Crippen molar-refractivity contribution in [2.75, 3.05) is 11.8 Å². The molecular formula is C9H12Cl3NO2S2. The van der Waals surface area contributed by atoms with Crippen molar-refractivity contribution in [3.63, 3.8) is 0 Å². The minimum atomic E-state index is -3.63. The zero-order valence-corrected chi connectivity index (χ0v) is 13.2. The lowest BCUT2D eigenvalue weighted by molar-refractivity contribution is 0.501. The van der Waals surface area contributed by atoms with E-state index in [0.717, 1.165) is 16.9 Å². The number of aryl methyl sites for hydroxylation is 1. The summed E-state index contributed by atoms with van der Waals surface area (Å²) in [6.45, 7) is 3.40. The van der Waals surface area contributed by atoms with Gasteiger partial charge in [-0.2, -0.15) is 0 Å². The van der Waals surface area contributed by atoms with Gasteiger partial charge in [0, 0.05) is 11.8 Å². The highest BCUT2D eigenvalue weighted by atomic mass is 35.5. The van der Waals surface area contributed by atoms with Gasteiger partial charge in [0.15, 0.2) is 0 Å². The van der Waals surface area contributed by atoms with Gasteiger partial charge in [-0.1, -0.05) is 11.6 Å². The van der Waals surface area contributed by atoms with E-state index in [1.165, 1.54) is 6.07 Å². The lowest BCUT2D eigenvalue weighted by atomic mass is 10.1. The van der Waals surface area contributed by atoms with E-state index in [9.17, 15) is 8.42 Å². The number of nitrogens with one attached hydrogen (secondary N) is 1. The zero-order valence-electron chi connectivity index (χ0n) is 9.26. The van der Waals surface area contributed by atoms with E-state index in [1.807, 2.05) is 0 Å². The summed E-state index contributed by atoms with van der Waals surface area (Å²) in [7, 11) is -3.63. The Balaban J connectivity index is 3.04. The molecule has 0 aliphatic heterocycles. The maximum atomic E-state index is 12.1. The van der Waals surface area contributed by atoms with E-state index >= 15 is 0 Å². The molecule has 0 aliphatic carbocycles. The van der Waals surface area contributed by atoms with Crippen molar-refractivity contribution in [2.45, 2.75) is 23.6 Å². The van der Waals surface area contributed by atoms with Gasteiger partial charge in [-0.15, -0.1) is 34.5 Å². The predicted octanol–water partition coefficient (Wildman–Crippen LogP) is 3.22. The molecule has 98 valence electrons. The molecule has 0 bridgehead atoms. The Bertz CT molecular complexity index is 475. The third-order valence-electron chi connectivity index (χ3n) is 2.07. The smallest absolute Gasteiger partial charge is 0.206 e. The molecule has 17 heavy (non-hydrogen) atoms. The number of hydrogen-bond donors (Lipinski definition) is 1. The maximum Gasteiger partial charge on any atom is 0.250 e. The molecule has 0 fully saturated rings. The van der Waals surface area contributed by atoms with Crippen LogP contribution in [-0.2, 0) is 10.0 Å². The summed E-state index contributed by atoms with van der Waals surface area (Å²) >= 11 is 18.3. The van der Waals surface area contributed by atoms with Crippen LogP contribution in [0.25, 0.3) is 0 Å². The number of alkyl halides is 2. The molecule has 0 unspecified atom stereocenters. The lowest BCUT2D eigenvalue weighted by Gasteiger charge is -2.24. The summed E-state index contributed by atoms with van der Waals surface area (Å²) in [5.74, 6) is 0.182. The minimum absolute atomic E-state index is 0.0911. The molecule has 0 amide bonds. The highest BCUT2D eigenvalue weighted by molar-refractivity contribution is 7.91. The van der Waals surface area contributed by atoms with Gasteiger partial charge in [0.25, 0.3) is 10.0 Å². The van der Waals surface area contributed by atoms with Crippen molar-refractivity contribution in [1.29, 1.82) is 0 Å². The first-order valence-corrected chi connectivity index (χ1v) is 8.40. The third-order valence-corrected chi connectivity index (χ3v) is 6.92. The summed E-state index contributed by atoms with van der Waals surface area (Å²) in [5.41, 5.74) is -0.137. The number of halogens is 3. The number of sulfonamides is 1. The van der Waals surface area contributed by atoms with Crippen molar-refractivity contribution < 1.29 is 8.42 Å². The molecule has 1 aromatic rings. The largest absolute Gasteiger partial charge is 0.250 e. The van der Waals surface area contributed by atoms with Crippen LogP contribution >= 0.6 is 46.1 Å². The summed E-state index contributed by atoms with van der Waals surface area (Å²) in [6.07, 6.45) is 0. The first-order chi connectivity index (χ1) is 7.74. The van der Waals surface area contributed by atoms with Crippen LogP contribution in [0.1, 0.15) is 12.5 Å². The molecule has 1 aromatic heterocycles. The quantitative estimate of drug-likeness (QED) is 0.839. The highest BCUT2D eigenvalue weighted by Crippen LogP contribution is 2.30. The average Bonchev–Trinajstić information content (AvgIpc) is 2.59. The molecule has 1 N–H and O–H groups in total. The molecule has 0 aliphatic rings. The van der Waals surface area contributed by atoms with Crippen LogP contribution in [0.3, 0.4) is 0 Å². The number of thiophene rings is 1. The summed E-state index contributed by atoms with van der Waals surface area (Å²) < 4.78 is 27.2. The average molecular weight is 337 g/mol. The van der Waals surface area contributed by atoms with Gasteiger partial charge in [0.2, 0.25) is 0 Å². The van der Waals surface area contributed by atoms with Crippen LogP contribution in [0.4, 0.5) is 0 Å². The van der Waals surface area contributed by atoms with E-state index in [0.29, 0.717) is 4.34 Å². The van der Waals surface area contributed by atoms with Crippen LogP contribution < -0.4 is 4.72 Å². The zero-order chi connectivity index (χ0) is 13.3. The Morgan fingerprint density at radius 3 is 2.29 bits per heavy atom. The molecule has 0 spiro atoms. The second-order valence-corrected chi connectivity index (χ2v) is 8.05. The van der Waals surface area contributed by atoms with Gasteiger partial charge in [-0.25, -0.2) is 13.1 Å². The van der Waals surface area contributed by atoms with Crippen molar-refractivity contribution >= 4 is 56.2 Å². The molecule has 3 nitrogen and oxygen atoms in total. The van der Waals surface area contributed by atoms with Crippen LogP contribution in [0, 0.1) is 6.92 Å². The van der Waals surface area contributed by atoms with Gasteiger partial charge in [-0.05, 0) is 25.5 Å². The molecule has 0 saturated heterocycles. The molecule has 8 heteroatoms. The number of rotatable bonds is 5. The van der Waals surface area contributed by atoms with Gasteiger partial charge >= 0.3 is 0 Å². The summed E-state index contributed by atoms with van der Waals surface area (Å²) in [5, 5.41) is 0. The minimum Gasteiger partial charge on any atom is -0.206 e. The molecule has 0 radical (unpaired) electrons. The first-order valence-electron chi connectivity index (χ1n) is 4.66. The van der Waals surface area contributed by atoms with E-state index in [4.69, 9.17) is 34.8 Å². The molecule has 0 aromatic carbocycles. The molecule has 1 heterocycles. The molecule has 0 atom stereocenters. The molecular weight excluding hydrogens is 325 g/mol. The Hall–Kier alpha value is 0.480. The van der Waals surface area contributed by atoms with Crippen LogP contribution in [-0.4, -0.2) is 25.7 Å². The van der Waals surface area contributed by atoms with Gasteiger partial charge in [-0.3, -0.25) is 0 Å². The standard InChI is InChI=1S/C9H12Cl3NO2S2/c1-6-3-7(16-8(6)12)17(14,15)13-9(2,4-10)5-11/h3,13H,4-5H2,1-2H3. The highest BCUT2D eigenvalue weighted by Gasteiger charge is 2.30. The number of hydrogen-bond acceptors (Lipinski definition) is 3. The predicted molar refractivity (Wildman–Crippen MR) is 74.2 cm³/mol. The van der Waals surface area contributed by atoms with Crippen LogP contribution in [0.15, 0.2) is 10.3 Å². The Kier molecular flexibility index (Phi) is 5.15. The van der Waals surface area contributed by atoms with Crippen molar-refractivity contribution in [3.8, 4) is 0 Å². The Morgan fingerprint density at radius 2 is 1.94 bits per heavy atom. The first kappa shape index (κ1) is 15.5. The second-order valence-electron chi connectivity index (χ2n) is 3.96. The summed E-state index contributed by atoms with van der Waals surface area (Å²) in [4.78, 5) is 0. The fourth-order valence-corrected chi connectivity index (χ4v) is 4.72. The van der Waals surface area contributed by atoms with Crippen LogP contribution in [0.5, 0.6) is 0 Å². The van der Waals surface area contributed by atoms with Crippen LogP contribution in [0.2, 0.25) is 4.34 Å².